The van der Waals surface area contributed by atoms with Crippen LogP contribution < -0.4 is 36.6 Å². The highest BCUT2D eigenvalue weighted by atomic mass is 35.5. The first-order valence-corrected chi connectivity index (χ1v) is 20.8. The summed E-state index contributed by atoms with van der Waals surface area (Å²) in [5.74, 6) is -3.24. The van der Waals surface area contributed by atoms with Crippen molar-refractivity contribution in [2.45, 2.75) is 57.8 Å². The quantitative estimate of drug-likeness (QED) is 0.0816. The monoisotopic (exact) mass is 867 g/mol. The summed E-state index contributed by atoms with van der Waals surface area (Å²) < 4.78 is 6.24. The van der Waals surface area contributed by atoms with E-state index in [0.29, 0.717) is 45.1 Å². The molecule has 0 saturated heterocycles. The third kappa shape index (κ3) is 12.4. The predicted octanol–water partition coefficient (Wildman–Crippen LogP) is 3.53. The molecule has 328 valence electrons. The number of hydrogen-bond donors (Lipinski definition) is 7. The van der Waals surface area contributed by atoms with Crippen LogP contribution in [0.2, 0.25) is 5.02 Å². The van der Waals surface area contributed by atoms with Gasteiger partial charge in [-0.2, -0.15) is 0 Å². The van der Waals surface area contributed by atoms with Crippen molar-refractivity contribution in [2.75, 3.05) is 46.9 Å². The summed E-state index contributed by atoms with van der Waals surface area (Å²) in [6.45, 7) is 6.24. The Balaban J connectivity index is 1.47. The van der Waals surface area contributed by atoms with Crippen LogP contribution in [0, 0.1) is 0 Å². The maximum absolute atomic E-state index is 14.3. The normalized spacial score (nSPS) is 16.8. The second-order valence-corrected chi connectivity index (χ2v) is 15.6. The molecule has 4 aromatic carbocycles. The number of nitrogens with one attached hydrogen (secondary N) is 6. The SMILES string of the molecule is CNCCCNCCOc1ccc2cc1-c1cc(ccc1O)CC(C(=O)NC(C)C(C)=O)NC(=O)C(C)NC(=O)C2N(C)C(=O)CNC(=O)c1ccc(-c2ccc(Cl)cc2)cc1. The maximum Gasteiger partial charge on any atom is 0.251 e. The number of Topliss-reactive ketones (excluding diaryl/α,β-unsaturated/α-hetero) is 1. The number of likely N-dealkylation sites (N-methyl/N-ethyl adjacent to an activating group) is 1. The number of carbonyl (C=O) groups excluding carboxylic acids is 6. The van der Waals surface area contributed by atoms with Gasteiger partial charge in [0.05, 0.1) is 12.6 Å². The van der Waals surface area contributed by atoms with E-state index >= 15 is 0 Å². The summed E-state index contributed by atoms with van der Waals surface area (Å²) in [6.07, 6.45) is 0.890. The molecule has 0 radical (unpaired) electrons. The van der Waals surface area contributed by atoms with E-state index in [1.165, 1.54) is 38.8 Å². The molecule has 0 aromatic heterocycles. The number of hydrogen-bond acceptors (Lipinski definition) is 10. The molecule has 4 bridgehead atoms. The molecule has 0 fully saturated rings. The van der Waals surface area contributed by atoms with Gasteiger partial charge >= 0.3 is 0 Å². The third-order valence-corrected chi connectivity index (χ3v) is 10.8. The van der Waals surface area contributed by atoms with Crippen LogP contribution in [-0.4, -0.2) is 110 Å². The number of phenols is 1. The average Bonchev–Trinajstić information content (AvgIpc) is 3.25. The molecule has 4 atom stereocenters. The zero-order valence-corrected chi connectivity index (χ0v) is 36.2. The minimum atomic E-state index is -1.35. The van der Waals surface area contributed by atoms with Gasteiger partial charge in [-0.1, -0.05) is 48.0 Å². The third-order valence-electron chi connectivity index (χ3n) is 10.5. The Morgan fingerprint density at radius 3 is 2.26 bits per heavy atom. The predicted molar refractivity (Wildman–Crippen MR) is 237 cm³/mol. The zero-order chi connectivity index (χ0) is 44.9. The summed E-state index contributed by atoms with van der Waals surface area (Å²) in [4.78, 5) is 81.8. The number of phenolic OH excluding ortho intramolecular Hbond substituents is 1. The Bertz CT molecular complexity index is 2250. The van der Waals surface area contributed by atoms with E-state index in [9.17, 15) is 33.9 Å². The van der Waals surface area contributed by atoms with E-state index in [1.54, 1.807) is 66.7 Å². The van der Waals surface area contributed by atoms with Crippen molar-refractivity contribution in [1.29, 1.82) is 0 Å². The molecule has 1 aliphatic heterocycles. The first-order chi connectivity index (χ1) is 29.7. The molecule has 15 nitrogen and oxygen atoms in total. The lowest BCUT2D eigenvalue weighted by Crippen LogP contribution is -2.56. The van der Waals surface area contributed by atoms with Crippen molar-refractivity contribution in [3.63, 3.8) is 0 Å². The van der Waals surface area contributed by atoms with E-state index in [-0.39, 0.29) is 24.6 Å². The van der Waals surface area contributed by atoms with E-state index in [4.69, 9.17) is 16.3 Å². The first-order valence-electron chi connectivity index (χ1n) is 20.4. The molecule has 4 aromatic rings. The van der Waals surface area contributed by atoms with E-state index in [2.05, 4.69) is 31.9 Å². The highest BCUT2D eigenvalue weighted by molar-refractivity contribution is 6.30. The van der Waals surface area contributed by atoms with Crippen LogP contribution in [0.25, 0.3) is 22.3 Å². The van der Waals surface area contributed by atoms with Crippen LogP contribution in [0.3, 0.4) is 0 Å². The van der Waals surface area contributed by atoms with Crippen LogP contribution in [0.1, 0.15) is 54.7 Å². The summed E-state index contributed by atoms with van der Waals surface area (Å²) in [5, 5.41) is 29.0. The van der Waals surface area contributed by atoms with Gasteiger partial charge in [-0.05, 0) is 118 Å². The molecule has 0 spiro atoms. The minimum Gasteiger partial charge on any atom is -0.507 e. The molecule has 7 N–H and O–H groups in total. The van der Waals surface area contributed by atoms with Gasteiger partial charge in [0, 0.05) is 41.7 Å². The van der Waals surface area contributed by atoms with Gasteiger partial charge in [0.15, 0.2) is 5.78 Å². The lowest BCUT2D eigenvalue weighted by atomic mass is 9.93. The molecule has 5 rings (SSSR count). The fraction of sp³-hybridized carbons (Fsp3) is 0.348. The number of benzene rings is 4. The van der Waals surface area contributed by atoms with Crippen molar-refractivity contribution >= 4 is 46.9 Å². The molecule has 1 aliphatic rings. The smallest absolute Gasteiger partial charge is 0.251 e. The average molecular weight is 868 g/mol. The largest absolute Gasteiger partial charge is 0.507 e. The molecule has 5 amide bonds. The summed E-state index contributed by atoms with van der Waals surface area (Å²) >= 11 is 6.02. The minimum absolute atomic E-state index is 0.0271. The number of fused-ring (bicyclic) bond motifs is 5. The van der Waals surface area contributed by atoms with Crippen LogP contribution >= 0.6 is 11.6 Å². The van der Waals surface area contributed by atoms with Crippen molar-refractivity contribution < 1.29 is 38.6 Å². The number of ether oxygens (including phenoxy) is 1. The standard InChI is InChI=1S/C46H54ClN7O8/c1-27(29(3)55)51-45(60)38-24-30-7-17-39(56)36(23-30)37-25-34(14-18-40(37)62-22-21-49-20-6-19-48-4)42(46(61)52-28(2)43(58)53-38)54(5)41(57)26-50-44(59)33-10-8-31(9-11-33)32-12-15-35(47)16-13-32/h7-18,23,25,27-28,38,42,48-49,56H,6,19-22,24,26H2,1-5H3,(H,50,59)(H,51,60)(H,52,61)(H,53,58). The fourth-order valence-electron chi connectivity index (χ4n) is 6.78. The summed E-state index contributed by atoms with van der Waals surface area (Å²) in [5.41, 5.74) is 3.67. The van der Waals surface area contributed by atoms with Gasteiger partial charge in [0.1, 0.15) is 36.2 Å². The Kier molecular flexibility index (Phi) is 16.6. The lowest BCUT2D eigenvalue weighted by Gasteiger charge is -2.30. The highest BCUT2D eigenvalue weighted by Gasteiger charge is 2.34. The second-order valence-electron chi connectivity index (χ2n) is 15.2. The Morgan fingerprint density at radius 1 is 0.887 bits per heavy atom. The highest BCUT2D eigenvalue weighted by Crippen LogP contribution is 2.39. The Hall–Kier alpha value is -6.29. The number of amides is 5. The number of nitrogens with zero attached hydrogens (tertiary/aromatic N) is 1. The molecule has 16 heteroatoms. The van der Waals surface area contributed by atoms with Gasteiger partial charge in [-0.15, -0.1) is 0 Å². The molecule has 0 aliphatic carbocycles. The Labute approximate surface area is 366 Å². The molecule has 1 heterocycles. The van der Waals surface area contributed by atoms with Crippen molar-refractivity contribution in [3.8, 4) is 33.8 Å². The number of rotatable bonds is 16. The lowest BCUT2D eigenvalue weighted by molar-refractivity contribution is -0.139. The second kappa shape index (κ2) is 22.0. The molecular formula is C46H54ClN7O8. The summed E-state index contributed by atoms with van der Waals surface area (Å²) in [6, 6.07) is 19.2. The number of aromatic hydroxyl groups is 1. The van der Waals surface area contributed by atoms with Crippen LogP contribution in [-0.2, 0) is 30.4 Å². The van der Waals surface area contributed by atoms with Gasteiger partial charge in [0.2, 0.25) is 23.6 Å². The zero-order valence-electron chi connectivity index (χ0n) is 35.5. The molecule has 0 saturated carbocycles. The van der Waals surface area contributed by atoms with Crippen LogP contribution in [0.4, 0.5) is 0 Å². The number of carbonyl (C=O) groups is 6. The van der Waals surface area contributed by atoms with Gasteiger partial charge in [-0.3, -0.25) is 28.8 Å². The van der Waals surface area contributed by atoms with Crippen molar-refractivity contribution in [3.05, 3.63) is 107 Å². The number of halogens is 1. The van der Waals surface area contributed by atoms with E-state index in [1.807, 2.05) is 19.2 Å². The van der Waals surface area contributed by atoms with Crippen LogP contribution in [0.15, 0.2) is 84.9 Å². The van der Waals surface area contributed by atoms with E-state index in [0.717, 1.165) is 30.6 Å². The van der Waals surface area contributed by atoms with Gasteiger partial charge in [0.25, 0.3) is 5.91 Å². The molecular weight excluding hydrogens is 814 g/mol. The van der Waals surface area contributed by atoms with Gasteiger partial charge in [-0.25, -0.2) is 0 Å². The fourth-order valence-corrected chi connectivity index (χ4v) is 6.90. The van der Waals surface area contributed by atoms with E-state index < -0.39 is 60.2 Å². The van der Waals surface area contributed by atoms with Crippen molar-refractivity contribution in [1.82, 2.24) is 36.8 Å². The first kappa shape index (κ1) is 46.8. The Morgan fingerprint density at radius 2 is 1.58 bits per heavy atom. The number of ketones is 1. The topological polar surface area (TPSA) is 207 Å². The molecule has 4 unspecified atom stereocenters. The maximum atomic E-state index is 14.3. The molecule has 62 heavy (non-hydrogen) atoms. The van der Waals surface area contributed by atoms with Crippen LogP contribution in [0.5, 0.6) is 11.5 Å². The van der Waals surface area contributed by atoms with Crippen molar-refractivity contribution in [2.24, 2.45) is 0 Å². The van der Waals surface area contributed by atoms with Gasteiger partial charge < -0.3 is 46.6 Å². The summed E-state index contributed by atoms with van der Waals surface area (Å²) in [7, 11) is 3.29.